The minimum absolute atomic E-state index is 0. The van der Waals surface area contributed by atoms with Crippen molar-refractivity contribution in [1.82, 2.24) is 10.6 Å². The number of rotatable bonds is 5. The van der Waals surface area contributed by atoms with Gasteiger partial charge in [0.05, 0.1) is 7.11 Å². The van der Waals surface area contributed by atoms with Crippen molar-refractivity contribution in [3.05, 3.63) is 29.3 Å². The number of halogens is 1. The van der Waals surface area contributed by atoms with Crippen LogP contribution in [-0.2, 0) is 11.3 Å². The molecule has 1 heterocycles. The molecule has 2 N–H and O–H groups in total. The maximum absolute atomic E-state index is 11.8. The third-order valence-electron chi connectivity index (χ3n) is 3.51. The molecule has 0 saturated carbocycles. The highest BCUT2D eigenvalue weighted by Gasteiger charge is 2.17. The number of methoxy groups -OCH3 is 1. The minimum Gasteiger partial charge on any atom is -0.496 e. The fourth-order valence-electron chi connectivity index (χ4n) is 2.42. The van der Waals surface area contributed by atoms with E-state index in [1.807, 2.05) is 25.1 Å². The number of nitrogens with one attached hydrogen (secondary N) is 2. The van der Waals surface area contributed by atoms with Crippen LogP contribution in [0.5, 0.6) is 5.75 Å². The second-order valence-electron chi connectivity index (χ2n) is 5.09. The SMILES string of the molecule is COc1cc(C)ccc1CNC(=O)CC1CCCN1.Cl. The van der Waals surface area contributed by atoms with Crippen LogP contribution in [0.4, 0.5) is 0 Å². The Kier molecular flexibility index (Phi) is 6.82. The van der Waals surface area contributed by atoms with Crippen molar-refractivity contribution in [2.45, 2.75) is 38.8 Å². The van der Waals surface area contributed by atoms with Crippen LogP contribution in [0, 0.1) is 6.92 Å². The zero-order valence-corrected chi connectivity index (χ0v) is 12.9. The lowest BCUT2D eigenvalue weighted by Crippen LogP contribution is -2.31. The average Bonchev–Trinajstić information content (AvgIpc) is 2.90. The Labute approximate surface area is 126 Å². The van der Waals surface area contributed by atoms with Gasteiger partial charge >= 0.3 is 0 Å². The molecule has 0 bridgehead atoms. The number of hydrogen-bond donors (Lipinski definition) is 2. The van der Waals surface area contributed by atoms with Crippen molar-refractivity contribution in [2.75, 3.05) is 13.7 Å². The summed E-state index contributed by atoms with van der Waals surface area (Å²) in [6.07, 6.45) is 2.83. The predicted octanol–water partition coefficient (Wildman–Crippen LogP) is 2.18. The monoisotopic (exact) mass is 298 g/mol. The molecule has 0 aliphatic carbocycles. The molecule has 1 atom stereocenters. The Hall–Kier alpha value is -1.26. The van der Waals surface area contributed by atoms with E-state index in [0.717, 1.165) is 29.8 Å². The van der Waals surface area contributed by atoms with Gasteiger partial charge in [0.2, 0.25) is 5.91 Å². The maximum Gasteiger partial charge on any atom is 0.221 e. The van der Waals surface area contributed by atoms with Gasteiger partial charge in [-0.3, -0.25) is 4.79 Å². The van der Waals surface area contributed by atoms with Crippen molar-refractivity contribution < 1.29 is 9.53 Å². The van der Waals surface area contributed by atoms with Gasteiger partial charge in [-0.2, -0.15) is 0 Å². The van der Waals surface area contributed by atoms with Gasteiger partial charge in [-0.05, 0) is 37.9 Å². The average molecular weight is 299 g/mol. The Morgan fingerprint density at radius 3 is 2.95 bits per heavy atom. The molecular weight excluding hydrogens is 276 g/mol. The van der Waals surface area contributed by atoms with Crippen LogP contribution < -0.4 is 15.4 Å². The van der Waals surface area contributed by atoms with Crippen LogP contribution in [0.3, 0.4) is 0 Å². The summed E-state index contributed by atoms with van der Waals surface area (Å²) in [7, 11) is 1.66. The molecule has 0 aromatic heterocycles. The summed E-state index contributed by atoms with van der Waals surface area (Å²) in [4.78, 5) is 11.8. The van der Waals surface area contributed by atoms with E-state index in [0.29, 0.717) is 19.0 Å². The van der Waals surface area contributed by atoms with E-state index in [-0.39, 0.29) is 18.3 Å². The van der Waals surface area contributed by atoms with Crippen LogP contribution in [-0.4, -0.2) is 25.6 Å². The molecule has 2 rings (SSSR count). The summed E-state index contributed by atoms with van der Waals surface area (Å²) >= 11 is 0. The van der Waals surface area contributed by atoms with Crippen molar-refractivity contribution >= 4 is 18.3 Å². The smallest absolute Gasteiger partial charge is 0.221 e. The van der Waals surface area contributed by atoms with Crippen molar-refractivity contribution in [2.24, 2.45) is 0 Å². The zero-order chi connectivity index (χ0) is 13.7. The van der Waals surface area contributed by atoms with Gasteiger partial charge in [0.15, 0.2) is 0 Å². The lowest BCUT2D eigenvalue weighted by atomic mass is 10.1. The first kappa shape index (κ1) is 16.8. The molecule has 0 spiro atoms. The van der Waals surface area contributed by atoms with E-state index in [1.54, 1.807) is 7.11 Å². The molecule has 20 heavy (non-hydrogen) atoms. The molecule has 4 nitrogen and oxygen atoms in total. The second kappa shape index (κ2) is 8.12. The number of hydrogen-bond acceptors (Lipinski definition) is 3. The quantitative estimate of drug-likeness (QED) is 0.876. The van der Waals surface area contributed by atoms with Gasteiger partial charge in [0, 0.05) is 24.6 Å². The fourth-order valence-corrected chi connectivity index (χ4v) is 2.42. The van der Waals surface area contributed by atoms with Crippen LogP contribution >= 0.6 is 12.4 Å². The van der Waals surface area contributed by atoms with E-state index < -0.39 is 0 Å². The van der Waals surface area contributed by atoms with E-state index in [4.69, 9.17) is 4.74 Å². The molecule has 112 valence electrons. The molecule has 5 heteroatoms. The van der Waals surface area contributed by atoms with Crippen LogP contribution in [0.1, 0.15) is 30.4 Å². The molecule has 0 radical (unpaired) electrons. The molecule has 1 fully saturated rings. The first-order valence-electron chi connectivity index (χ1n) is 6.82. The summed E-state index contributed by atoms with van der Waals surface area (Å²) in [5.41, 5.74) is 2.17. The Morgan fingerprint density at radius 2 is 2.30 bits per heavy atom. The number of benzene rings is 1. The normalized spacial score (nSPS) is 17.4. The van der Waals surface area contributed by atoms with Crippen molar-refractivity contribution in [3.8, 4) is 5.75 Å². The molecule has 1 saturated heterocycles. The van der Waals surface area contributed by atoms with Gasteiger partial charge in [-0.15, -0.1) is 12.4 Å². The molecule has 1 unspecified atom stereocenters. The Bertz CT molecular complexity index is 445. The first-order chi connectivity index (χ1) is 9.19. The highest BCUT2D eigenvalue weighted by Crippen LogP contribution is 2.19. The summed E-state index contributed by atoms with van der Waals surface area (Å²) in [5.74, 6) is 0.932. The molecular formula is C15H23ClN2O2. The van der Waals surface area contributed by atoms with E-state index in [2.05, 4.69) is 10.6 Å². The van der Waals surface area contributed by atoms with Crippen molar-refractivity contribution in [3.63, 3.8) is 0 Å². The van der Waals surface area contributed by atoms with Gasteiger partial charge in [-0.25, -0.2) is 0 Å². The molecule has 1 aliphatic heterocycles. The number of ether oxygens (including phenoxy) is 1. The minimum atomic E-state index is 0. The van der Waals surface area contributed by atoms with Gasteiger partial charge in [-0.1, -0.05) is 12.1 Å². The largest absolute Gasteiger partial charge is 0.496 e. The zero-order valence-electron chi connectivity index (χ0n) is 12.1. The maximum atomic E-state index is 11.8. The predicted molar refractivity (Wildman–Crippen MR) is 82.5 cm³/mol. The molecule has 1 aromatic carbocycles. The van der Waals surface area contributed by atoms with E-state index in [1.165, 1.54) is 6.42 Å². The van der Waals surface area contributed by atoms with Gasteiger partial charge in [0.1, 0.15) is 5.75 Å². The van der Waals surface area contributed by atoms with Crippen LogP contribution in [0.15, 0.2) is 18.2 Å². The summed E-state index contributed by atoms with van der Waals surface area (Å²) < 4.78 is 5.33. The Balaban J connectivity index is 0.00000200. The highest BCUT2D eigenvalue weighted by atomic mass is 35.5. The number of carbonyl (C=O) groups is 1. The third-order valence-corrected chi connectivity index (χ3v) is 3.51. The number of carbonyl (C=O) groups excluding carboxylic acids is 1. The molecule has 1 amide bonds. The molecule has 1 aromatic rings. The third kappa shape index (κ3) is 4.69. The topological polar surface area (TPSA) is 50.4 Å². The van der Waals surface area contributed by atoms with E-state index in [9.17, 15) is 4.79 Å². The number of aryl methyl sites for hydroxylation is 1. The van der Waals surface area contributed by atoms with Crippen LogP contribution in [0.2, 0.25) is 0 Å². The summed E-state index contributed by atoms with van der Waals surface area (Å²) in [6.45, 7) is 3.58. The summed E-state index contributed by atoms with van der Waals surface area (Å²) in [6, 6.07) is 6.37. The fraction of sp³-hybridized carbons (Fsp3) is 0.533. The standard InChI is InChI=1S/C15H22N2O2.ClH/c1-11-5-6-12(14(8-11)19-2)10-17-15(18)9-13-4-3-7-16-13;/h5-6,8,13,16H,3-4,7,9-10H2,1-2H3,(H,17,18);1H. The highest BCUT2D eigenvalue weighted by molar-refractivity contribution is 5.85. The van der Waals surface area contributed by atoms with Crippen molar-refractivity contribution in [1.29, 1.82) is 0 Å². The van der Waals surface area contributed by atoms with Gasteiger partial charge in [0.25, 0.3) is 0 Å². The van der Waals surface area contributed by atoms with E-state index >= 15 is 0 Å². The summed E-state index contributed by atoms with van der Waals surface area (Å²) in [5, 5.41) is 6.29. The van der Waals surface area contributed by atoms with Crippen LogP contribution in [0.25, 0.3) is 0 Å². The number of amides is 1. The first-order valence-corrected chi connectivity index (χ1v) is 6.82. The van der Waals surface area contributed by atoms with Gasteiger partial charge < -0.3 is 15.4 Å². The second-order valence-corrected chi connectivity index (χ2v) is 5.09. The lowest BCUT2D eigenvalue weighted by molar-refractivity contribution is -0.121. The Morgan fingerprint density at radius 1 is 1.50 bits per heavy atom. The lowest BCUT2D eigenvalue weighted by Gasteiger charge is -2.12. The molecule has 1 aliphatic rings.